The molecule has 0 spiro atoms. The Kier molecular flexibility index (Phi) is 5.84. The highest BCUT2D eigenvalue weighted by Crippen LogP contribution is 2.35. The molecule has 1 aromatic heterocycles. The van der Waals surface area contributed by atoms with E-state index in [4.69, 9.17) is 9.47 Å². The number of methoxy groups -OCH3 is 2. The van der Waals surface area contributed by atoms with Crippen molar-refractivity contribution in [1.29, 1.82) is 0 Å². The zero-order chi connectivity index (χ0) is 20.4. The predicted molar refractivity (Wildman–Crippen MR) is 105 cm³/mol. The summed E-state index contributed by atoms with van der Waals surface area (Å²) in [5.74, 6) is 2.28. The first-order valence-corrected chi connectivity index (χ1v) is 9.96. The molecule has 1 aromatic carbocycles. The quantitative estimate of drug-likeness (QED) is 0.794. The van der Waals surface area contributed by atoms with Crippen molar-refractivity contribution in [3.05, 3.63) is 30.1 Å². The first kappa shape index (κ1) is 19.9. The minimum Gasteiger partial charge on any atom is -0.497 e. The van der Waals surface area contributed by atoms with E-state index in [0.717, 1.165) is 49.5 Å². The van der Waals surface area contributed by atoms with Gasteiger partial charge in [0, 0.05) is 30.8 Å². The first-order valence-electron chi connectivity index (χ1n) is 9.96. The first-order chi connectivity index (χ1) is 14.1. The topological polar surface area (TPSA) is 64.4 Å². The third kappa shape index (κ3) is 4.14. The van der Waals surface area contributed by atoms with Gasteiger partial charge in [0.15, 0.2) is 0 Å². The summed E-state index contributed by atoms with van der Waals surface area (Å²) in [7, 11) is 3.29. The third-order valence-corrected chi connectivity index (χ3v) is 5.99. The average Bonchev–Trinajstić information content (AvgIpc) is 3.22. The Morgan fingerprint density at radius 1 is 1.28 bits per heavy atom. The Balaban J connectivity index is 1.45. The van der Waals surface area contributed by atoms with Crippen molar-refractivity contribution in [3.8, 4) is 11.5 Å². The number of nitrogens with one attached hydrogen (secondary N) is 1. The van der Waals surface area contributed by atoms with Crippen molar-refractivity contribution < 1.29 is 18.3 Å². The number of nitrogens with zero attached hydrogens (tertiary/aromatic N) is 4. The van der Waals surface area contributed by atoms with Crippen LogP contribution in [0, 0.1) is 5.92 Å². The zero-order valence-electron chi connectivity index (χ0n) is 16.7. The molecule has 0 aliphatic carbocycles. The highest BCUT2D eigenvalue weighted by atomic mass is 19.3. The Hall–Kier alpha value is -2.42. The molecule has 1 N–H and O–H groups in total. The lowest BCUT2D eigenvalue weighted by molar-refractivity contribution is 0.0550. The molecule has 2 aliphatic heterocycles. The van der Waals surface area contributed by atoms with E-state index in [2.05, 4.69) is 20.3 Å². The summed E-state index contributed by atoms with van der Waals surface area (Å²) >= 11 is 0. The fraction of sp³-hybridized carbons (Fsp3) is 0.600. The number of benzene rings is 1. The maximum Gasteiger partial charge on any atom is 0.260 e. The van der Waals surface area contributed by atoms with Gasteiger partial charge in [-0.25, -0.2) is 13.5 Å². The molecule has 0 saturated carbocycles. The molecule has 3 atom stereocenters. The van der Waals surface area contributed by atoms with Crippen LogP contribution in [0.4, 0.5) is 14.7 Å². The molecule has 0 unspecified atom stereocenters. The fourth-order valence-electron chi connectivity index (χ4n) is 4.49. The van der Waals surface area contributed by atoms with Gasteiger partial charge in [0.1, 0.15) is 23.9 Å². The molecule has 0 bridgehead atoms. The number of hydrogen-bond donors (Lipinski definition) is 1. The van der Waals surface area contributed by atoms with Crippen molar-refractivity contribution >= 4 is 5.95 Å². The third-order valence-electron chi connectivity index (χ3n) is 5.99. The molecule has 9 heteroatoms. The Morgan fingerprint density at radius 2 is 2.14 bits per heavy atom. The second kappa shape index (κ2) is 8.52. The second-order valence-electron chi connectivity index (χ2n) is 7.73. The van der Waals surface area contributed by atoms with E-state index in [1.807, 2.05) is 18.2 Å². The summed E-state index contributed by atoms with van der Waals surface area (Å²) in [6, 6.07) is 4.89. The highest BCUT2D eigenvalue weighted by molar-refractivity contribution is 5.40. The number of aromatic nitrogens is 3. The van der Waals surface area contributed by atoms with Gasteiger partial charge < -0.3 is 14.8 Å². The van der Waals surface area contributed by atoms with Crippen molar-refractivity contribution in [3.63, 3.8) is 0 Å². The number of ether oxygens (including phenoxy) is 2. The minimum atomic E-state index is -2.46. The van der Waals surface area contributed by atoms with Crippen LogP contribution >= 0.6 is 0 Å². The van der Waals surface area contributed by atoms with E-state index in [1.54, 1.807) is 14.2 Å². The van der Waals surface area contributed by atoms with Crippen molar-refractivity contribution in [2.45, 2.75) is 44.3 Å². The van der Waals surface area contributed by atoms with E-state index in [9.17, 15) is 8.78 Å². The van der Waals surface area contributed by atoms with Gasteiger partial charge in [-0.1, -0.05) is 6.07 Å². The van der Waals surface area contributed by atoms with E-state index < -0.39 is 12.5 Å². The second-order valence-corrected chi connectivity index (χ2v) is 7.73. The van der Waals surface area contributed by atoms with Crippen molar-refractivity contribution in [2.75, 3.05) is 32.6 Å². The SMILES string of the molecule is COc1ccc(CN2CCC[C@H]([C@@H]3C[C@H](C(F)F)n4ncnc4N3)C2)c(OC)c1. The number of alkyl halides is 2. The van der Waals surface area contributed by atoms with Crippen LogP contribution in [0.5, 0.6) is 11.5 Å². The van der Waals surface area contributed by atoms with E-state index in [0.29, 0.717) is 12.4 Å². The van der Waals surface area contributed by atoms with Crippen LogP contribution in [-0.2, 0) is 6.54 Å². The van der Waals surface area contributed by atoms with Gasteiger partial charge in [0.2, 0.25) is 5.95 Å². The normalized spacial score (nSPS) is 24.8. The van der Waals surface area contributed by atoms with Crippen molar-refractivity contribution in [2.24, 2.45) is 5.92 Å². The number of hydrogen-bond acceptors (Lipinski definition) is 6. The van der Waals surface area contributed by atoms with Crippen LogP contribution in [0.25, 0.3) is 0 Å². The molecule has 2 aliphatic rings. The summed E-state index contributed by atoms with van der Waals surface area (Å²) in [5, 5.41) is 7.31. The number of likely N-dealkylation sites (tertiary alicyclic amines) is 1. The van der Waals surface area contributed by atoms with E-state index in [-0.39, 0.29) is 12.0 Å². The summed E-state index contributed by atoms with van der Waals surface area (Å²) in [4.78, 5) is 6.50. The monoisotopic (exact) mass is 407 g/mol. The molecule has 1 saturated heterocycles. The van der Waals surface area contributed by atoms with Crippen LogP contribution in [0.3, 0.4) is 0 Å². The number of halogens is 2. The highest BCUT2D eigenvalue weighted by Gasteiger charge is 2.38. The lowest BCUT2D eigenvalue weighted by atomic mass is 9.86. The van der Waals surface area contributed by atoms with Gasteiger partial charge in [-0.05, 0) is 37.8 Å². The molecule has 0 amide bonds. The lowest BCUT2D eigenvalue weighted by Gasteiger charge is -2.40. The van der Waals surface area contributed by atoms with Crippen LogP contribution in [0.15, 0.2) is 24.5 Å². The Labute approximate surface area is 169 Å². The zero-order valence-corrected chi connectivity index (χ0v) is 16.7. The van der Waals surface area contributed by atoms with Crippen LogP contribution in [-0.4, -0.2) is 59.4 Å². The smallest absolute Gasteiger partial charge is 0.260 e. The maximum atomic E-state index is 13.6. The standard InChI is InChI=1S/C20H27F2N5O2/c1-28-15-6-5-14(18(8-15)29-2)11-26-7-3-4-13(10-26)16-9-17(19(21)22)27-20(25-16)23-12-24-27/h5-6,8,12-13,16-17,19H,3-4,7,9-11H2,1-2H3,(H,23,24,25)/t13-,16-,17+/m0/s1. The molecular weight excluding hydrogens is 380 g/mol. The van der Waals surface area contributed by atoms with Gasteiger partial charge in [-0.2, -0.15) is 10.1 Å². The molecule has 0 radical (unpaired) electrons. The summed E-state index contributed by atoms with van der Waals surface area (Å²) in [6.45, 7) is 2.58. The lowest BCUT2D eigenvalue weighted by Crippen LogP contribution is -2.46. The number of anilines is 1. The van der Waals surface area contributed by atoms with Gasteiger partial charge in [0.05, 0.1) is 14.2 Å². The van der Waals surface area contributed by atoms with Gasteiger partial charge in [-0.3, -0.25) is 4.90 Å². The molecule has 158 valence electrons. The van der Waals surface area contributed by atoms with Crippen LogP contribution in [0.2, 0.25) is 0 Å². The number of rotatable bonds is 6. The molecule has 3 heterocycles. The molecular formula is C20H27F2N5O2. The van der Waals surface area contributed by atoms with E-state index in [1.165, 1.54) is 11.0 Å². The van der Waals surface area contributed by atoms with Crippen LogP contribution < -0.4 is 14.8 Å². The van der Waals surface area contributed by atoms with E-state index >= 15 is 0 Å². The molecule has 7 nitrogen and oxygen atoms in total. The molecule has 2 aromatic rings. The molecule has 1 fully saturated rings. The van der Waals surface area contributed by atoms with Crippen molar-refractivity contribution in [1.82, 2.24) is 19.7 Å². The number of piperidine rings is 1. The largest absolute Gasteiger partial charge is 0.497 e. The Morgan fingerprint density at radius 3 is 2.90 bits per heavy atom. The summed E-state index contributed by atoms with van der Waals surface area (Å²) in [5.41, 5.74) is 1.09. The maximum absolute atomic E-state index is 13.6. The molecule has 29 heavy (non-hydrogen) atoms. The summed E-state index contributed by atoms with van der Waals surface area (Å²) in [6.07, 6.45) is 1.29. The fourth-order valence-corrected chi connectivity index (χ4v) is 4.49. The van der Waals surface area contributed by atoms with Gasteiger partial charge >= 0.3 is 0 Å². The minimum absolute atomic E-state index is 0.0359. The van der Waals surface area contributed by atoms with Crippen LogP contribution in [0.1, 0.15) is 30.9 Å². The summed E-state index contributed by atoms with van der Waals surface area (Å²) < 4.78 is 39.3. The molecule has 4 rings (SSSR count). The predicted octanol–water partition coefficient (Wildman–Crippen LogP) is 3.20. The van der Waals surface area contributed by atoms with Gasteiger partial charge in [0.25, 0.3) is 6.43 Å². The van der Waals surface area contributed by atoms with Gasteiger partial charge in [-0.15, -0.1) is 0 Å². The average molecular weight is 407 g/mol. The number of fused-ring (bicyclic) bond motifs is 1. The Bertz CT molecular complexity index is 831.